The van der Waals surface area contributed by atoms with Crippen LogP contribution in [0.2, 0.25) is 0 Å². The average molecular weight is 226 g/mol. The Morgan fingerprint density at radius 1 is 1.25 bits per heavy atom. The van der Waals surface area contributed by atoms with Gasteiger partial charge >= 0.3 is 0 Å². The summed E-state index contributed by atoms with van der Waals surface area (Å²) in [5, 5.41) is 0. The lowest BCUT2D eigenvalue weighted by atomic mass is 10.1. The number of hydrogen-bond donors (Lipinski definition) is 0. The van der Waals surface area contributed by atoms with Crippen LogP contribution in [0.1, 0.15) is 47.5 Å². The van der Waals surface area contributed by atoms with Gasteiger partial charge in [0.25, 0.3) is 0 Å². The minimum atomic E-state index is 0.358. The molecule has 1 aliphatic heterocycles. The third-order valence-electron chi connectivity index (χ3n) is 3.74. The Bertz CT molecular complexity index is 195. The Balaban J connectivity index is 2.35. The van der Waals surface area contributed by atoms with E-state index in [0.29, 0.717) is 5.54 Å². The average Bonchev–Trinajstić information content (AvgIpc) is 2.65. The van der Waals surface area contributed by atoms with Crippen LogP contribution in [0.4, 0.5) is 0 Å². The maximum Gasteiger partial charge on any atom is 0.0125 e. The van der Waals surface area contributed by atoms with Crippen molar-refractivity contribution in [2.75, 3.05) is 32.7 Å². The van der Waals surface area contributed by atoms with Gasteiger partial charge in [-0.3, -0.25) is 4.90 Å². The smallest absolute Gasteiger partial charge is 0.0125 e. The summed E-state index contributed by atoms with van der Waals surface area (Å²) in [5.41, 5.74) is 0.358. The second-order valence-corrected chi connectivity index (χ2v) is 6.16. The molecule has 0 spiro atoms. The minimum Gasteiger partial charge on any atom is -0.303 e. The van der Waals surface area contributed by atoms with E-state index < -0.39 is 0 Å². The van der Waals surface area contributed by atoms with Crippen LogP contribution >= 0.6 is 0 Å². The van der Waals surface area contributed by atoms with Crippen molar-refractivity contribution in [2.45, 2.75) is 53.0 Å². The molecule has 0 radical (unpaired) electrons. The van der Waals surface area contributed by atoms with Crippen molar-refractivity contribution >= 4 is 0 Å². The zero-order chi connectivity index (χ0) is 12.2. The maximum absolute atomic E-state index is 2.64. The minimum absolute atomic E-state index is 0.358. The standard InChI is InChI=1S/C14H30N2/c1-6-9-15(7-2)11-13-8-10-16(12-13)14(3,4)5/h13H,6-12H2,1-5H3/t13-/m0/s1. The molecule has 1 aliphatic rings. The summed E-state index contributed by atoms with van der Waals surface area (Å²) < 4.78 is 0. The number of likely N-dealkylation sites (tertiary alicyclic amines) is 1. The molecule has 0 N–H and O–H groups in total. The van der Waals surface area contributed by atoms with Gasteiger partial charge in [-0.05, 0) is 59.2 Å². The Labute approximate surface area is 102 Å². The molecule has 0 aromatic heterocycles. The molecule has 1 atom stereocenters. The highest BCUT2D eigenvalue weighted by Gasteiger charge is 2.30. The first-order valence-electron chi connectivity index (χ1n) is 6.94. The molecule has 2 nitrogen and oxygen atoms in total. The highest BCUT2D eigenvalue weighted by atomic mass is 15.2. The summed E-state index contributed by atoms with van der Waals surface area (Å²) in [6.45, 7) is 17.9. The molecular weight excluding hydrogens is 196 g/mol. The van der Waals surface area contributed by atoms with Gasteiger partial charge in [-0.25, -0.2) is 0 Å². The summed E-state index contributed by atoms with van der Waals surface area (Å²) in [7, 11) is 0. The quantitative estimate of drug-likeness (QED) is 0.711. The van der Waals surface area contributed by atoms with E-state index in [4.69, 9.17) is 0 Å². The van der Waals surface area contributed by atoms with Crippen LogP contribution in [0.15, 0.2) is 0 Å². The zero-order valence-electron chi connectivity index (χ0n) is 11.9. The van der Waals surface area contributed by atoms with E-state index in [1.165, 1.54) is 45.6 Å². The molecule has 16 heavy (non-hydrogen) atoms. The van der Waals surface area contributed by atoms with Gasteiger partial charge in [-0.2, -0.15) is 0 Å². The molecule has 0 bridgehead atoms. The number of hydrogen-bond acceptors (Lipinski definition) is 2. The molecule has 2 heteroatoms. The van der Waals surface area contributed by atoms with Gasteiger partial charge < -0.3 is 4.90 Å². The van der Waals surface area contributed by atoms with E-state index >= 15 is 0 Å². The van der Waals surface area contributed by atoms with Crippen molar-refractivity contribution in [2.24, 2.45) is 5.92 Å². The third kappa shape index (κ3) is 4.06. The predicted molar refractivity (Wildman–Crippen MR) is 71.8 cm³/mol. The van der Waals surface area contributed by atoms with Gasteiger partial charge in [0.2, 0.25) is 0 Å². The van der Waals surface area contributed by atoms with Crippen LogP contribution in [0.5, 0.6) is 0 Å². The van der Waals surface area contributed by atoms with E-state index in [1.807, 2.05) is 0 Å². The van der Waals surface area contributed by atoms with E-state index in [2.05, 4.69) is 44.4 Å². The monoisotopic (exact) mass is 226 g/mol. The second-order valence-electron chi connectivity index (χ2n) is 6.16. The van der Waals surface area contributed by atoms with Gasteiger partial charge in [0, 0.05) is 18.6 Å². The van der Waals surface area contributed by atoms with E-state index in [-0.39, 0.29) is 0 Å². The molecule has 1 rings (SSSR count). The summed E-state index contributed by atoms with van der Waals surface area (Å²) >= 11 is 0. The first kappa shape index (κ1) is 14.0. The lowest BCUT2D eigenvalue weighted by Crippen LogP contribution is -2.40. The van der Waals surface area contributed by atoms with Crippen molar-refractivity contribution in [3.63, 3.8) is 0 Å². The van der Waals surface area contributed by atoms with Crippen molar-refractivity contribution in [3.8, 4) is 0 Å². The lowest BCUT2D eigenvalue weighted by molar-refractivity contribution is 0.159. The second kappa shape index (κ2) is 6.02. The summed E-state index contributed by atoms with van der Waals surface area (Å²) in [4.78, 5) is 5.24. The molecule has 96 valence electrons. The predicted octanol–water partition coefficient (Wildman–Crippen LogP) is 2.84. The van der Waals surface area contributed by atoms with E-state index in [0.717, 1.165) is 5.92 Å². The molecule has 0 aliphatic carbocycles. The van der Waals surface area contributed by atoms with Crippen LogP contribution in [-0.4, -0.2) is 48.1 Å². The molecule has 1 heterocycles. The number of rotatable bonds is 5. The Kier molecular flexibility index (Phi) is 5.26. The normalized spacial score (nSPS) is 23.2. The van der Waals surface area contributed by atoms with Gasteiger partial charge in [0.1, 0.15) is 0 Å². The van der Waals surface area contributed by atoms with Crippen LogP contribution in [-0.2, 0) is 0 Å². The molecule has 0 aromatic rings. The van der Waals surface area contributed by atoms with Gasteiger partial charge in [-0.15, -0.1) is 0 Å². The van der Waals surface area contributed by atoms with Crippen molar-refractivity contribution in [1.29, 1.82) is 0 Å². The lowest BCUT2D eigenvalue weighted by Gasteiger charge is -2.32. The Hall–Kier alpha value is -0.0800. The van der Waals surface area contributed by atoms with Gasteiger partial charge in [0.05, 0.1) is 0 Å². The highest BCUT2D eigenvalue weighted by Crippen LogP contribution is 2.24. The van der Waals surface area contributed by atoms with Crippen molar-refractivity contribution in [1.82, 2.24) is 9.80 Å². The largest absolute Gasteiger partial charge is 0.303 e. The Morgan fingerprint density at radius 3 is 2.38 bits per heavy atom. The first-order chi connectivity index (χ1) is 7.47. The fraction of sp³-hybridized carbons (Fsp3) is 1.00. The molecular formula is C14H30N2. The SMILES string of the molecule is CCCN(CC)C[C@@H]1CCN(C(C)(C)C)C1. The zero-order valence-corrected chi connectivity index (χ0v) is 11.9. The molecule has 1 fully saturated rings. The maximum atomic E-state index is 2.64. The van der Waals surface area contributed by atoms with Gasteiger partial charge in [0.15, 0.2) is 0 Å². The molecule has 0 unspecified atom stereocenters. The van der Waals surface area contributed by atoms with Gasteiger partial charge in [-0.1, -0.05) is 13.8 Å². The third-order valence-corrected chi connectivity index (χ3v) is 3.74. The fourth-order valence-corrected chi connectivity index (χ4v) is 2.65. The fourth-order valence-electron chi connectivity index (χ4n) is 2.65. The highest BCUT2D eigenvalue weighted by molar-refractivity contribution is 4.85. The molecule has 0 saturated carbocycles. The topological polar surface area (TPSA) is 6.48 Å². The van der Waals surface area contributed by atoms with Crippen LogP contribution in [0, 0.1) is 5.92 Å². The van der Waals surface area contributed by atoms with Crippen LogP contribution < -0.4 is 0 Å². The van der Waals surface area contributed by atoms with E-state index in [1.54, 1.807) is 0 Å². The van der Waals surface area contributed by atoms with Crippen LogP contribution in [0.25, 0.3) is 0 Å². The van der Waals surface area contributed by atoms with Crippen LogP contribution in [0.3, 0.4) is 0 Å². The molecule has 1 saturated heterocycles. The summed E-state index contributed by atoms with van der Waals surface area (Å²) in [6.07, 6.45) is 2.67. The van der Waals surface area contributed by atoms with E-state index in [9.17, 15) is 0 Å². The summed E-state index contributed by atoms with van der Waals surface area (Å²) in [6, 6.07) is 0. The Morgan fingerprint density at radius 2 is 1.94 bits per heavy atom. The first-order valence-corrected chi connectivity index (χ1v) is 6.94. The molecule has 0 aromatic carbocycles. The van der Waals surface area contributed by atoms with Crippen molar-refractivity contribution in [3.05, 3.63) is 0 Å². The molecule has 0 amide bonds. The summed E-state index contributed by atoms with van der Waals surface area (Å²) in [5.74, 6) is 0.894. The van der Waals surface area contributed by atoms with Crippen molar-refractivity contribution < 1.29 is 0 Å². The number of nitrogens with zero attached hydrogens (tertiary/aromatic N) is 2.